The summed E-state index contributed by atoms with van der Waals surface area (Å²) >= 11 is 0. The van der Waals surface area contributed by atoms with E-state index < -0.39 is 15.9 Å². The van der Waals surface area contributed by atoms with Gasteiger partial charge < -0.3 is 10.1 Å². The van der Waals surface area contributed by atoms with Crippen LogP contribution in [0.1, 0.15) is 135 Å². The second-order valence-corrected chi connectivity index (χ2v) is 11.5. The predicted octanol–water partition coefficient (Wildman–Crippen LogP) is 6.02. The molecule has 0 aromatic heterocycles. The van der Waals surface area contributed by atoms with E-state index in [2.05, 4.69) is 17.0 Å². The van der Waals surface area contributed by atoms with Crippen molar-refractivity contribution in [3.63, 3.8) is 0 Å². The summed E-state index contributed by atoms with van der Waals surface area (Å²) < 4.78 is 31.3. The van der Waals surface area contributed by atoms with Crippen molar-refractivity contribution in [2.75, 3.05) is 26.0 Å². The largest absolute Gasteiger partial charge is 0.385 e. The predicted molar refractivity (Wildman–Crippen MR) is 145 cm³/mol. The Labute approximate surface area is 216 Å². The van der Waals surface area contributed by atoms with E-state index in [0.717, 1.165) is 32.1 Å². The van der Waals surface area contributed by atoms with Gasteiger partial charge in [-0.05, 0) is 32.1 Å². The number of unbranched alkanes of at least 4 members (excludes halogenated alkanes) is 15. The molecule has 0 atom stereocenters. The SMILES string of the molecule is CCCCCCCCCCCCCCCC(=O)NS(=O)(=O)CCCCCC(=O)NCCCCOC. The summed E-state index contributed by atoms with van der Waals surface area (Å²) in [6.07, 6.45) is 20.2. The number of amides is 2. The molecule has 0 aliphatic rings. The molecule has 0 saturated heterocycles. The van der Waals surface area contributed by atoms with E-state index in [9.17, 15) is 18.0 Å². The van der Waals surface area contributed by atoms with Gasteiger partial charge in [-0.3, -0.25) is 14.3 Å². The normalized spacial score (nSPS) is 11.5. The first-order valence-corrected chi connectivity index (χ1v) is 15.9. The lowest BCUT2D eigenvalue weighted by molar-refractivity contribution is -0.121. The van der Waals surface area contributed by atoms with Gasteiger partial charge in [-0.2, -0.15) is 0 Å². The Hall–Kier alpha value is -1.15. The highest BCUT2D eigenvalue weighted by Crippen LogP contribution is 2.13. The topological polar surface area (TPSA) is 102 Å². The third-order valence-electron chi connectivity index (χ3n) is 6.19. The second-order valence-electron chi connectivity index (χ2n) is 9.70. The molecule has 2 N–H and O–H groups in total. The van der Waals surface area contributed by atoms with Gasteiger partial charge in [0.1, 0.15) is 0 Å². The van der Waals surface area contributed by atoms with E-state index in [1.807, 2.05) is 0 Å². The maximum atomic E-state index is 12.1. The van der Waals surface area contributed by atoms with E-state index in [1.165, 1.54) is 64.2 Å². The van der Waals surface area contributed by atoms with Gasteiger partial charge >= 0.3 is 0 Å². The zero-order valence-corrected chi connectivity index (χ0v) is 23.5. The molecular weight excluding hydrogens is 464 g/mol. The van der Waals surface area contributed by atoms with E-state index in [-0.39, 0.29) is 18.1 Å². The van der Waals surface area contributed by atoms with Gasteiger partial charge in [-0.25, -0.2) is 8.42 Å². The molecule has 0 fully saturated rings. The minimum Gasteiger partial charge on any atom is -0.385 e. The van der Waals surface area contributed by atoms with Crippen LogP contribution in [0.4, 0.5) is 0 Å². The minimum atomic E-state index is -3.58. The van der Waals surface area contributed by atoms with Gasteiger partial charge in [-0.15, -0.1) is 0 Å². The van der Waals surface area contributed by atoms with E-state index in [0.29, 0.717) is 38.8 Å². The Morgan fingerprint density at radius 2 is 1.11 bits per heavy atom. The van der Waals surface area contributed by atoms with Crippen LogP contribution in [0.15, 0.2) is 0 Å². The lowest BCUT2D eigenvalue weighted by atomic mass is 10.0. The fourth-order valence-electron chi connectivity index (χ4n) is 4.02. The number of hydrogen-bond acceptors (Lipinski definition) is 5. The molecule has 0 aliphatic heterocycles. The molecule has 2 amide bonds. The number of hydrogen-bond donors (Lipinski definition) is 2. The van der Waals surface area contributed by atoms with Crippen LogP contribution in [0.3, 0.4) is 0 Å². The fraction of sp³-hybridized carbons (Fsp3) is 0.926. The first-order chi connectivity index (χ1) is 16.9. The molecule has 0 heterocycles. The van der Waals surface area contributed by atoms with Crippen LogP contribution < -0.4 is 10.0 Å². The second kappa shape index (κ2) is 24.5. The zero-order valence-electron chi connectivity index (χ0n) is 22.7. The first kappa shape index (κ1) is 33.8. The van der Waals surface area contributed by atoms with Crippen molar-refractivity contribution < 1.29 is 22.7 Å². The van der Waals surface area contributed by atoms with Gasteiger partial charge in [0.25, 0.3) is 0 Å². The maximum Gasteiger partial charge on any atom is 0.234 e. The number of carbonyl (C=O) groups is 2. The molecule has 7 nitrogen and oxygen atoms in total. The lowest BCUT2D eigenvalue weighted by Gasteiger charge is -2.07. The van der Waals surface area contributed by atoms with Gasteiger partial charge in [-0.1, -0.05) is 90.4 Å². The molecule has 0 saturated carbocycles. The first-order valence-electron chi connectivity index (χ1n) is 14.2. The molecule has 0 aromatic rings. The number of ether oxygens (including phenoxy) is 1. The molecule has 0 rings (SSSR count). The molecule has 0 radical (unpaired) electrons. The quantitative estimate of drug-likeness (QED) is 0.136. The average molecular weight is 519 g/mol. The van der Waals surface area contributed by atoms with Crippen molar-refractivity contribution in [1.29, 1.82) is 0 Å². The van der Waals surface area contributed by atoms with Crippen molar-refractivity contribution in [2.45, 2.75) is 135 Å². The van der Waals surface area contributed by atoms with Gasteiger partial charge in [0.2, 0.25) is 21.8 Å². The van der Waals surface area contributed by atoms with Crippen molar-refractivity contribution in [1.82, 2.24) is 10.0 Å². The average Bonchev–Trinajstić information content (AvgIpc) is 2.81. The molecule has 208 valence electrons. The third kappa shape index (κ3) is 25.7. The van der Waals surface area contributed by atoms with Crippen molar-refractivity contribution >= 4 is 21.8 Å². The molecule has 35 heavy (non-hydrogen) atoms. The number of rotatable bonds is 26. The number of nitrogens with one attached hydrogen (secondary N) is 2. The van der Waals surface area contributed by atoms with Crippen LogP contribution in [-0.2, 0) is 24.3 Å². The summed E-state index contributed by atoms with van der Waals surface area (Å²) in [4.78, 5) is 23.7. The maximum absolute atomic E-state index is 12.1. The van der Waals surface area contributed by atoms with Crippen LogP contribution >= 0.6 is 0 Å². The van der Waals surface area contributed by atoms with Crippen LogP contribution in [0.5, 0.6) is 0 Å². The summed E-state index contributed by atoms with van der Waals surface area (Å²) in [6, 6.07) is 0. The Morgan fingerprint density at radius 1 is 0.629 bits per heavy atom. The molecule has 0 spiro atoms. The lowest BCUT2D eigenvalue weighted by Crippen LogP contribution is -2.32. The monoisotopic (exact) mass is 518 g/mol. The van der Waals surface area contributed by atoms with Crippen LogP contribution in [0, 0.1) is 0 Å². The van der Waals surface area contributed by atoms with E-state index in [1.54, 1.807) is 7.11 Å². The van der Waals surface area contributed by atoms with Gasteiger partial charge in [0.05, 0.1) is 5.75 Å². The highest BCUT2D eigenvalue weighted by Gasteiger charge is 2.14. The summed E-state index contributed by atoms with van der Waals surface area (Å²) in [7, 11) is -1.93. The molecule has 0 aromatic carbocycles. The molecular formula is C27H54N2O5S. The van der Waals surface area contributed by atoms with Crippen LogP contribution in [0.25, 0.3) is 0 Å². The summed E-state index contributed by atoms with van der Waals surface area (Å²) in [5.74, 6) is -0.479. The highest BCUT2D eigenvalue weighted by atomic mass is 32.2. The molecule has 0 bridgehead atoms. The Balaban J connectivity index is 3.56. The van der Waals surface area contributed by atoms with Gasteiger partial charge in [0, 0.05) is 33.1 Å². The minimum absolute atomic E-state index is 0.00335. The number of carbonyl (C=O) groups excluding carboxylic acids is 2. The molecule has 0 unspecified atom stereocenters. The van der Waals surface area contributed by atoms with Crippen LogP contribution in [0.2, 0.25) is 0 Å². The van der Waals surface area contributed by atoms with E-state index in [4.69, 9.17) is 4.74 Å². The smallest absolute Gasteiger partial charge is 0.234 e. The highest BCUT2D eigenvalue weighted by molar-refractivity contribution is 7.90. The van der Waals surface area contributed by atoms with Crippen molar-refractivity contribution in [2.24, 2.45) is 0 Å². The fourth-order valence-corrected chi connectivity index (χ4v) is 5.16. The van der Waals surface area contributed by atoms with E-state index >= 15 is 0 Å². The van der Waals surface area contributed by atoms with Crippen molar-refractivity contribution in [3.8, 4) is 0 Å². The van der Waals surface area contributed by atoms with Crippen LogP contribution in [-0.4, -0.2) is 46.2 Å². The Kier molecular flexibility index (Phi) is 23.7. The Morgan fingerprint density at radius 3 is 1.66 bits per heavy atom. The summed E-state index contributed by atoms with van der Waals surface area (Å²) in [5.41, 5.74) is 0. The summed E-state index contributed by atoms with van der Waals surface area (Å²) in [6.45, 7) is 3.58. The summed E-state index contributed by atoms with van der Waals surface area (Å²) in [5, 5.41) is 2.86. The zero-order chi connectivity index (χ0) is 26.0. The van der Waals surface area contributed by atoms with Crippen molar-refractivity contribution in [3.05, 3.63) is 0 Å². The number of sulfonamides is 1. The molecule has 8 heteroatoms. The standard InChI is InChI=1S/C27H54N2O5S/c1-3-4-5-6-7-8-9-10-11-12-13-14-16-22-27(31)29-35(32,33)25-20-15-17-21-26(30)28-23-18-19-24-34-2/h3-25H2,1-2H3,(H,28,30)(H,29,31). The molecule has 0 aliphatic carbocycles. The number of methoxy groups -OCH3 is 1. The third-order valence-corrected chi connectivity index (χ3v) is 7.56. The Bertz CT molecular complexity index is 611. The van der Waals surface area contributed by atoms with Gasteiger partial charge in [0.15, 0.2) is 0 Å².